The molecule has 1 unspecified atom stereocenters. The van der Waals surface area contributed by atoms with Crippen molar-refractivity contribution >= 4 is 11.4 Å². The number of anilines is 1. The van der Waals surface area contributed by atoms with Gasteiger partial charge in [-0.15, -0.1) is 0 Å². The molecule has 118 valence electrons. The normalized spacial score (nSPS) is 13.5. The summed E-state index contributed by atoms with van der Waals surface area (Å²) in [7, 11) is 1.58. The molecular weight excluding hydrogens is 276 g/mol. The van der Waals surface area contributed by atoms with Gasteiger partial charge in [0.05, 0.1) is 17.1 Å². The second-order valence-electron chi connectivity index (χ2n) is 4.97. The van der Waals surface area contributed by atoms with Gasteiger partial charge in [0.1, 0.15) is 0 Å². The second-order valence-corrected chi connectivity index (χ2v) is 4.97. The van der Waals surface area contributed by atoms with Crippen molar-refractivity contribution in [2.75, 3.05) is 32.2 Å². The third-order valence-electron chi connectivity index (χ3n) is 2.97. The fourth-order valence-corrected chi connectivity index (χ4v) is 1.75. The lowest BCUT2D eigenvalue weighted by Gasteiger charge is -2.24. The van der Waals surface area contributed by atoms with Gasteiger partial charge in [0.2, 0.25) is 0 Å². The summed E-state index contributed by atoms with van der Waals surface area (Å²) in [6.45, 7) is 4.57. The molecule has 0 spiro atoms. The molecule has 0 aliphatic carbocycles. The number of benzene rings is 1. The molecule has 0 aliphatic heterocycles. The Bertz CT molecular complexity index is 476. The average molecular weight is 298 g/mol. The van der Waals surface area contributed by atoms with Crippen molar-refractivity contribution in [1.29, 1.82) is 0 Å². The van der Waals surface area contributed by atoms with E-state index in [-0.39, 0.29) is 11.4 Å². The van der Waals surface area contributed by atoms with Gasteiger partial charge in [-0.1, -0.05) is 0 Å². The molecule has 0 amide bonds. The molecule has 0 heterocycles. The molecule has 0 fully saturated rings. The van der Waals surface area contributed by atoms with Crippen molar-refractivity contribution in [3.8, 4) is 5.75 Å². The highest BCUT2D eigenvalue weighted by Gasteiger charge is 2.21. The molecule has 1 atom stereocenters. The van der Waals surface area contributed by atoms with E-state index in [1.807, 2.05) is 0 Å². The van der Waals surface area contributed by atoms with Crippen molar-refractivity contribution < 1.29 is 19.5 Å². The van der Waals surface area contributed by atoms with E-state index in [1.54, 1.807) is 33.1 Å². The zero-order valence-corrected chi connectivity index (χ0v) is 12.6. The SMILES string of the molecule is CCOc1cc(NCC(C)(O)CCOC)ccc1[N+](=O)[O-]. The minimum absolute atomic E-state index is 0.0754. The Hall–Kier alpha value is -1.86. The number of nitrogens with one attached hydrogen (secondary N) is 1. The van der Waals surface area contributed by atoms with Gasteiger partial charge >= 0.3 is 5.69 Å². The summed E-state index contributed by atoms with van der Waals surface area (Å²) in [5.41, 5.74) is -0.348. The third-order valence-corrected chi connectivity index (χ3v) is 2.97. The monoisotopic (exact) mass is 298 g/mol. The third kappa shape index (κ3) is 5.57. The van der Waals surface area contributed by atoms with Crippen LogP contribution in [-0.4, -0.2) is 42.5 Å². The number of hydrogen-bond acceptors (Lipinski definition) is 6. The van der Waals surface area contributed by atoms with Crippen LogP contribution in [0.25, 0.3) is 0 Å². The molecule has 0 aromatic heterocycles. The summed E-state index contributed by atoms with van der Waals surface area (Å²) < 4.78 is 10.2. The lowest BCUT2D eigenvalue weighted by atomic mass is 10.0. The number of methoxy groups -OCH3 is 1. The summed E-state index contributed by atoms with van der Waals surface area (Å²) in [6, 6.07) is 4.54. The predicted octanol–water partition coefficient (Wildman–Crippen LogP) is 2.19. The first-order valence-corrected chi connectivity index (χ1v) is 6.76. The molecule has 0 saturated carbocycles. The number of nitro benzene ring substituents is 1. The summed E-state index contributed by atoms with van der Waals surface area (Å²) in [5.74, 6) is 0.212. The van der Waals surface area contributed by atoms with Crippen molar-refractivity contribution in [2.24, 2.45) is 0 Å². The highest BCUT2D eigenvalue weighted by molar-refractivity contribution is 5.58. The Morgan fingerprint density at radius 3 is 2.76 bits per heavy atom. The van der Waals surface area contributed by atoms with Crippen LogP contribution < -0.4 is 10.1 Å². The summed E-state index contributed by atoms with van der Waals surface area (Å²) in [5, 5.41) is 24.1. The quantitative estimate of drug-likeness (QED) is 0.536. The van der Waals surface area contributed by atoms with Gasteiger partial charge in [-0.2, -0.15) is 0 Å². The van der Waals surface area contributed by atoms with Crippen molar-refractivity contribution in [3.63, 3.8) is 0 Å². The zero-order chi connectivity index (χ0) is 15.9. The van der Waals surface area contributed by atoms with Gasteiger partial charge in [-0.25, -0.2) is 0 Å². The van der Waals surface area contributed by atoms with Crippen LogP contribution in [0.4, 0.5) is 11.4 Å². The minimum atomic E-state index is -0.927. The molecule has 21 heavy (non-hydrogen) atoms. The van der Waals surface area contributed by atoms with E-state index in [0.717, 1.165) is 0 Å². The van der Waals surface area contributed by atoms with E-state index < -0.39 is 10.5 Å². The number of rotatable bonds is 9. The maximum absolute atomic E-state index is 10.9. The van der Waals surface area contributed by atoms with E-state index in [4.69, 9.17) is 9.47 Å². The summed E-state index contributed by atoms with van der Waals surface area (Å²) >= 11 is 0. The first-order chi connectivity index (χ1) is 9.89. The van der Waals surface area contributed by atoms with Gasteiger partial charge < -0.3 is 19.9 Å². The molecule has 7 nitrogen and oxygen atoms in total. The van der Waals surface area contributed by atoms with Gasteiger partial charge in [0, 0.05) is 44.5 Å². The first kappa shape index (κ1) is 17.2. The molecule has 0 radical (unpaired) electrons. The fourth-order valence-electron chi connectivity index (χ4n) is 1.75. The molecule has 1 aromatic rings. The van der Waals surface area contributed by atoms with Crippen LogP contribution in [0, 0.1) is 10.1 Å². The first-order valence-electron chi connectivity index (χ1n) is 6.76. The molecule has 0 bridgehead atoms. The maximum Gasteiger partial charge on any atom is 0.311 e. The Balaban J connectivity index is 2.76. The van der Waals surface area contributed by atoms with E-state index >= 15 is 0 Å². The Kier molecular flexibility index (Phi) is 6.39. The highest BCUT2D eigenvalue weighted by Crippen LogP contribution is 2.30. The lowest BCUT2D eigenvalue weighted by molar-refractivity contribution is -0.385. The number of hydrogen-bond donors (Lipinski definition) is 2. The van der Waals surface area contributed by atoms with Crippen molar-refractivity contribution in [2.45, 2.75) is 25.9 Å². The van der Waals surface area contributed by atoms with Crippen molar-refractivity contribution in [1.82, 2.24) is 0 Å². The van der Waals surface area contributed by atoms with Crippen LogP contribution in [-0.2, 0) is 4.74 Å². The molecule has 2 N–H and O–H groups in total. The Morgan fingerprint density at radius 2 is 2.19 bits per heavy atom. The fraction of sp³-hybridized carbons (Fsp3) is 0.571. The van der Waals surface area contributed by atoms with Crippen LogP contribution in [0.3, 0.4) is 0 Å². The van der Waals surface area contributed by atoms with Crippen molar-refractivity contribution in [3.05, 3.63) is 28.3 Å². The van der Waals surface area contributed by atoms with Gasteiger partial charge in [-0.05, 0) is 19.9 Å². The van der Waals surface area contributed by atoms with Crippen LogP contribution in [0.1, 0.15) is 20.3 Å². The number of nitro groups is 1. The molecule has 0 saturated heterocycles. The minimum Gasteiger partial charge on any atom is -0.487 e. The van der Waals surface area contributed by atoms with Crippen LogP contribution >= 0.6 is 0 Å². The van der Waals surface area contributed by atoms with E-state index in [0.29, 0.717) is 31.9 Å². The van der Waals surface area contributed by atoms with Gasteiger partial charge in [-0.3, -0.25) is 10.1 Å². The van der Waals surface area contributed by atoms with Crippen LogP contribution in [0.2, 0.25) is 0 Å². The second kappa shape index (κ2) is 7.80. The van der Waals surface area contributed by atoms with E-state index in [2.05, 4.69) is 5.32 Å². The maximum atomic E-state index is 10.9. The summed E-state index contributed by atoms with van der Waals surface area (Å²) in [6.07, 6.45) is 0.488. The number of nitrogens with zero attached hydrogens (tertiary/aromatic N) is 1. The molecule has 1 aromatic carbocycles. The molecular formula is C14H22N2O5. The van der Waals surface area contributed by atoms with E-state index in [9.17, 15) is 15.2 Å². The smallest absolute Gasteiger partial charge is 0.311 e. The number of ether oxygens (including phenoxy) is 2. The molecule has 7 heteroatoms. The molecule has 1 rings (SSSR count). The van der Waals surface area contributed by atoms with Crippen LogP contribution in [0.15, 0.2) is 18.2 Å². The van der Waals surface area contributed by atoms with Gasteiger partial charge in [0.25, 0.3) is 0 Å². The van der Waals surface area contributed by atoms with Crippen LogP contribution in [0.5, 0.6) is 5.75 Å². The average Bonchev–Trinajstić information content (AvgIpc) is 2.43. The Morgan fingerprint density at radius 1 is 1.48 bits per heavy atom. The molecule has 0 aliphatic rings. The van der Waals surface area contributed by atoms with E-state index in [1.165, 1.54) is 6.07 Å². The summed E-state index contributed by atoms with van der Waals surface area (Å²) in [4.78, 5) is 10.4. The largest absolute Gasteiger partial charge is 0.487 e. The lowest BCUT2D eigenvalue weighted by Crippen LogP contribution is -2.34. The highest BCUT2D eigenvalue weighted by atomic mass is 16.6. The standard InChI is InChI=1S/C14H22N2O5/c1-4-21-13-9-11(5-6-12(13)16(18)19)15-10-14(2,17)7-8-20-3/h5-6,9,15,17H,4,7-8,10H2,1-3H3. The van der Waals surface area contributed by atoms with Gasteiger partial charge in [0.15, 0.2) is 5.75 Å². The predicted molar refractivity (Wildman–Crippen MR) is 79.9 cm³/mol. The zero-order valence-electron chi connectivity index (χ0n) is 12.6. The topological polar surface area (TPSA) is 93.9 Å². The Labute approximate surface area is 124 Å². The number of aliphatic hydroxyl groups is 1.